The molecular formula is C16H14N2O. The summed E-state index contributed by atoms with van der Waals surface area (Å²) in [5, 5.41) is 16.0. The van der Waals surface area contributed by atoms with Crippen molar-refractivity contribution in [2.45, 2.75) is 6.61 Å². The highest BCUT2D eigenvalue weighted by atomic mass is 16.3. The molecule has 0 atom stereocenters. The van der Waals surface area contributed by atoms with E-state index in [1.807, 2.05) is 36.4 Å². The lowest BCUT2D eigenvalue weighted by atomic mass is 10.0. The van der Waals surface area contributed by atoms with E-state index in [-0.39, 0.29) is 6.61 Å². The summed E-state index contributed by atoms with van der Waals surface area (Å²) in [6.07, 6.45) is 0. The Morgan fingerprint density at radius 3 is 2.11 bits per heavy atom. The molecule has 3 nitrogen and oxygen atoms in total. The molecule has 0 unspecified atom stereocenters. The van der Waals surface area contributed by atoms with Crippen LogP contribution in [0, 0.1) is 0 Å². The van der Waals surface area contributed by atoms with E-state index in [4.69, 9.17) is 5.11 Å². The third-order valence-electron chi connectivity index (χ3n) is 3.09. The number of aromatic nitrogens is 2. The highest BCUT2D eigenvalue weighted by Crippen LogP contribution is 2.23. The topological polar surface area (TPSA) is 48.9 Å². The summed E-state index contributed by atoms with van der Waals surface area (Å²) in [7, 11) is 0. The van der Waals surface area contributed by atoms with Gasteiger partial charge in [-0.15, -0.1) is 0 Å². The van der Waals surface area contributed by atoms with Crippen LogP contribution in [0.1, 0.15) is 5.69 Å². The molecule has 2 aromatic carbocycles. The number of aliphatic hydroxyl groups excluding tert-OH is 1. The van der Waals surface area contributed by atoms with E-state index in [0.717, 1.165) is 17.0 Å². The monoisotopic (exact) mass is 250 g/mol. The van der Waals surface area contributed by atoms with Crippen LogP contribution in [0.25, 0.3) is 22.4 Å². The minimum atomic E-state index is -0.0188. The first kappa shape index (κ1) is 11.7. The molecule has 0 fully saturated rings. The van der Waals surface area contributed by atoms with Gasteiger partial charge in [0.05, 0.1) is 18.0 Å². The molecule has 0 radical (unpaired) electrons. The first-order valence-electron chi connectivity index (χ1n) is 6.18. The van der Waals surface area contributed by atoms with E-state index in [1.165, 1.54) is 11.1 Å². The lowest BCUT2D eigenvalue weighted by Gasteiger charge is -2.02. The average molecular weight is 250 g/mol. The average Bonchev–Trinajstić information content (AvgIpc) is 2.97. The van der Waals surface area contributed by atoms with Crippen molar-refractivity contribution in [1.82, 2.24) is 10.2 Å². The number of nitrogens with zero attached hydrogens (tertiary/aromatic N) is 1. The number of aromatic amines is 1. The summed E-state index contributed by atoms with van der Waals surface area (Å²) >= 11 is 0. The van der Waals surface area contributed by atoms with Crippen LogP contribution >= 0.6 is 0 Å². The van der Waals surface area contributed by atoms with Crippen LogP contribution in [-0.4, -0.2) is 15.3 Å². The number of benzene rings is 2. The van der Waals surface area contributed by atoms with Crippen LogP contribution < -0.4 is 0 Å². The molecule has 0 spiro atoms. The summed E-state index contributed by atoms with van der Waals surface area (Å²) in [6, 6.07) is 20.4. The van der Waals surface area contributed by atoms with Crippen molar-refractivity contribution in [3.63, 3.8) is 0 Å². The molecule has 94 valence electrons. The minimum absolute atomic E-state index is 0.0188. The molecule has 0 aliphatic carbocycles. The number of H-pyrrole nitrogens is 1. The lowest BCUT2D eigenvalue weighted by molar-refractivity contribution is 0.276. The van der Waals surface area contributed by atoms with Crippen LogP contribution in [0.3, 0.4) is 0 Å². The summed E-state index contributed by atoms with van der Waals surface area (Å²) in [5.74, 6) is 0. The molecule has 3 rings (SSSR count). The zero-order valence-corrected chi connectivity index (χ0v) is 10.4. The molecule has 3 aromatic rings. The predicted molar refractivity (Wildman–Crippen MR) is 75.4 cm³/mol. The standard InChI is InChI=1S/C16H14N2O/c19-11-15-10-16(18-17-15)14-8-6-13(7-9-14)12-4-2-1-3-5-12/h1-10,19H,11H2,(H,17,18). The Bertz CT molecular complexity index is 657. The van der Waals surface area contributed by atoms with Gasteiger partial charge in [-0.1, -0.05) is 54.6 Å². The van der Waals surface area contributed by atoms with Crippen LogP contribution in [0.5, 0.6) is 0 Å². The van der Waals surface area contributed by atoms with Gasteiger partial charge in [0.1, 0.15) is 0 Å². The summed E-state index contributed by atoms with van der Waals surface area (Å²) in [4.78, 5) is 0. The second-order valence-electron chi connectivity index (χ2n) is 4.38. The van der Waals surface area contributed by atoms with Gasteiger partial charge in [0, 0.05) is 5.56 Å². The minimum Gasteiger partial charge on any atom is -0.390 e. The van der Waals surface area contributed by atoms with Crippen molar-refractivity contribution in [3.05, 3.63) is 66.4 Å². The van der Waals surface area contributed by atoms with E-state index in [0.29, 0.717) is 0 Å². The van der Waals surface area contributed by atoms with Gasteiger partial charge in [0.25, 0.3) is 0 Å². The molecule has 19 heavy (non-hydrogen) atoms. The quantitative estimate of drug-likeness (QED) is 0.749. The van der Waals surface area contributed by atoms with Crippen LogP contribution in [-0.2, 0) is 6.61 Å². The van der Waals surface area contributed by atoms with Crippen LogP contribution in [0.4, 0.5) is 0 Å². The highest BCUT2D eigenvalue weighted by molar-refractivity contribution is 5.68. The SMILES string of the molecule is OCc1cc(-c2ccc(-c3ccccc3)cc2)n[nH]1. The van der Waals surface area contributed by atoms with Crippen molar-refractivity contribution in [2.75, 3.05) is 0 Å². The summed E-state index contributed by atoms with van der Waals surface area (Å²) in [6.45, 7) is -0.0188. The van der Waals surface area contributed by atoms with Gasteiger partial charge in [-0.2, -0.15) is 5.10 Å². The maximum absolute atomic E-state index is 9.02. The zero-order valence-electron chi connectivity index (χ0n) is 10.4. The fourth-order valence-electron chi connectivity index (χ4n) is 2.05. The molecule has 3 heteroatoms. The predicted octanol–water partition coefficient (Wildman–Crippen LogP) is 3.24. The first-order chi connectivity index (χ1) is 9.36. The number of rotatable bonds is 3. The van der Waals surface area contributed by atoms with E-state index in [9.17, 15) is 0 Å². The summed E-state index contributed by atoms with van der Waals surface area (Å²) < 4.78 is 0. The Morgan fingerprint density at radius 1 is 0.842 bits per heavy atom. The van der Waals surface area contributed by atoms with Crippen molar-refractivity contribution in [1.29, 1.82) is 0 Å². The van der Waals surface area contributed by atoms with Gasteiger partial charge in [-0.3, -0.25) is 5.10 Å². The Kier molecular flexibility index (Phi) is 3.12. The smallest absolute Gasteiger partial charge is 0.0924 e. The Morgan fingerprint density at radius 2 is 1.47 bits per heavy atom. The highest BCUT2D eigenvalue weighted by Gasteiger charge is 2.03. The molecule has 1 aromatic heterocycles. The van der Waals surface area contributed by atoms with Gasteiger partial charge in [0.2, 0.25) is 0 Å². The maximum atomic E-state index is 9.02. The molecule has 2 N–H and O–H groups in total. The van der Waals surface area contributed by atoms with Crippen molar-refractivity contribution in [3.8, 4) is 22.4 Å². The second kappa shape index (κ2) is 5.08. The van der Waals surface area contributed by atoms with Crippen molar-refractivity contribution < 1.29 is 5.11 Å². The van der Waals surface area contributed by atoms with Gasteiger partial charge in [-0.25, -0.2) is 0 Å². The van der Waals surface area contributed by atoms with Gasteiger partial charge < -0.3 is 5.11 Å². The zero-order chi connectivity index (χ0) is 13.1. The molecular weight excluding hydrogens is 236 g/mol. The third-order valence-corrected chi connectivity index (χ3v) is 3.09. The van der Waals surface area contributed by atoms with E-state index in [2.05, 4.69) is 34.5 Å². The number of hydrogen-bond acceptors (Lipinski definition) is 2. The maximum Gasteiger partial charge on any atom is 0.0924 e. The van der Waals surface area contributed by atoms with Crippen molar-refractivity contribution in [2.24, 2.45) is 0 Å². The Balaban J connectivity index is 1.90. The molecule has 1 heterocycles. The van der Waals surface area contributed by atoms with Crippen molar-refractivity contribution >= 4 is 0 Å². The summed E-state index contributed by atoms with van der Waals surface area (Å²) in [5.41, 5.74) is 5.00. The molecule has 0 saturated carbocycles. The molecule has 0 amide bonds. The largest absolute Gasteiger partial charge is 0.390 e. The fourth-order valence-corrected chi connectivity index (χ4v) is 2.05. The van der Waals surface area contributed by atoms with Gasteiger partial charge in [-0.05, 0) is 17.2 Å². The molecule has 0 bridgehead atoms. The number of nitrogens with one attached hydrogen (secondary N) is 1. The van der Waals surface area contributed by atoms with E-state index < -0.39 is 0 Å². The van der Waals surface area contributed by atoms with E-state index in [1.54, 1.807) is 0 Å². The molecule has 0 aliphatic rings. The third kappa shape index (κ3) is 2.41. The van der Waals surface area contributed by atoms with Crippen LogP contribution in [0.15, 0.2) is 60.7 Å². The Hall–Kier alpha value is -2.39. The number of hydrogen-bond donors (Lipinski definition) is 2. The number of aliphatic hydroxyl groups is 1. The van der Waals surface area contributed by atoms with Gasteiger partial charge in [0.15, 0.2) is 0 Å². The van der Waals surface area contributed by atoms with Crippen LogP contribution in [0.2, 0.25) is 0 Å². The normalized spacial score (nSPS) is 10.6. The van der Waals surface area contributed by atoms with E-state index >= 15 is 0 Å². The molecule has 0 aliphatic heterocycles. The lowest BCUT2D eigenvalue weighted by Crippen LogP contribution is -1.80. The Labute approximate surface area is 111 Å². The second-order valence-corrected chi connectivity index (χ2v) is 4.38. The first-order valence-corrected chi connectivity index (χ1v) is 6.18. The fraction of sp³-hybridized carbons (Fsp3) is 0.0625. The van der Waals surface area contributed by atoms with Gasteiger partial charge >= 0.3 is 0 Å². The molecule has 0 saturated heterocycles.